The van der Waals surface area contributed by atoms with E-state index in [-0.39, 0.29) is 19.7 Å². The Morgan fingerprint density at radius 3 is 1.91 bits per heavy atom. The lowest BCUT2D eigenvalue weighted by molar-refractivity contribution is -0.0368. The summed E-state index contributed by atoms with van der Waals surface area (Å²) in [5.74, 6) is 2.47. The lowest BCUT2D eigenvalue weighted by Gasteiger charge is -2.37. The van der Waals surface area contributed by atoms with E-state index in [2.05, 4.69) is 15.9 Å². The predicted molar refractivity (Wildman–Crippen MR) is 129 cm³/mol. The highest BCUT2D eigenvalue weighted by Crippen LogP contribution is 2.41. The number of carbonyl (C=O) groups is 1. The van der Waals surface area contributed by atoms with Crippen molar-refractivity contribution < 1.29 is 14.3 Å². The van der Waals surface area contributed by atoms with Gasteiger partial charge in [-0.15, -0.1) is 6.42 Å². The number of ether oxygens (including phenoxy) is 2. The Morgan fingerprint density at radius 2 is 1.47 bits per heavy atom. The number of hydrogen-bond acceptors (Lipinski definition) is 4. The van der Waals surface area contributed by atoms with Gasteiger partial charge >= 0.3 is 6.09 Å². The van der Waals surface area contributed by atoms with Crippen molar-refractivity contribution in [3.63, 3.8) is 0 Å². The molecule has 0 saturated carbocycles. The highest BCUT2D eigenvalue weighted by atomic mass is 16.6. The summed E-state index contributed by atoms with van der Waals surface area (Å²) in [6, 6.07) is 29.2. The van der Waals surface area contributed by atoms with Gasteiger partial charge in [-0.25, -0.2) is 4.79 Å². The Hall–Kier alpha value is -4.24. The van der Waals surface area contributed by atoms with Crippen LogP contribution in [-0.4, -0.2) is 42.8 Å². The zero-order chi connectivity index (χ0) is 23.8. The van der Waals surface area contributed by atoms with E-state index >= 15 is 0 Å². The molecule has 3 aromatic rings. The molecule has 4 rings (SSSR count). The van der Waals surface area contributed by atoms with E-state index in [0.717, 1.165) is 16.7 Å². The van der Waals surface area contributed by atoms with E-state index in [0.29, 0.717) is 0 Å². The maximum Gasteiger partial charge on any atom is 0.411 e. The van der Waals surface area contributed by atoms with Crippen LogP contribution in [0.4, 0.5) is 4.79 Å². The minimum atomic E-state index is -0.960. The van der Waals surface area contributed by atoms with Crippen LogP contribution in [0.1, 0.15) is 16.7 Å². The third-order valence-electron chi connectivity index (χ3n) is 5.91. The number of nitrogens with zero attached hydrogens (tertiary/aromatic N) is 4. The van der Waals surface area contributed by atoms with Gasteiger partial charge in [0.25, 0.3) is 0 Å². The average Bonchev–Trinajstić information content (AvgIpc) is 3.19. The molecule has 0 N–H and O–H groups in total. The SMILES string of the molecule is C#CCN1C(=O)O[C@H](COC(c2ccccc2)(c2ccccc2)c2ccccc2)[C@H]1CN=[N+]=[N-]. The van der Waals surface area contributed by atoms with Crippen molar-refractivity contribution in [2.24, 2.45) is 5.11 Å². The van der Waals surface area contributed by atoms with Gasteiger partial charge in [0.15, 0.2) is 0 Å². The van der Waals surface area contributed by atoms with Gasteiger partial charge in [-0.1, -0.05) is 102 Å². The summed E-state index contributed by atoms with van der Waals surface area (Å²) >= 11 is 0. The normalized spacial score (nSPS) is 17.5. The predicted octanol–water partition coefficient (Wildman–Crippen LogP) is 5.13. The molecule has 1 aliphatic heterocycles. The number of amides is 1. The molecule has 170 valence electrons. The first-order chi connectivity index (χ1) is 16.7. The van der Waals surface area contributed by atoms with Crippen molar-refractivity contribution in [3.8, 4) is 12.3 Å². The van der Waals surface area contributed by atoms with Crippen LogP contribution in [0.15, 0.2) is 96.1 Å². The van der Waals surface area contributed by atoms with E-state index in [4.69, 9.17) is 21.4 Å². The van der Waals surface area contributed by atoms with Crippen LogP contribution in [0, 0.1) is 12.3 Å². The summed E-state index contributed by atoms with van der Waals surface area (Å²) in [5.41, 5.74) is 10.7. The van der Waals surface area contributed by atoms with Gasteiger partial charge in [0, 0.05) is 4.91 Å². The molecule has 3 aromatic carbocycles. The first kappa shape index (κ1) is 22.9. The number of hydrogen-bond donors (Lipinski definition) is 0. The third-order valence-corrected chi connectivity index (χ3v) is 5.91. The van der Waals surface area contributed by atoms with E-state index in [1.807, 2.05) is 91.0 Å². The molecule has 0 spiro atoms. The van der Waals surface area contributed by atoms with Crippen LogP contribution in [-0.2, 0) is 15.1 Å². The molecule has 7 heteroatoms. The number of rotatable bonds is 9. The summed E-state index contributed by atoms with van der Waals surface area (Å²) in [6.07, 6.45) is 4.23. The first-order valence-electron chi connectivity index (χ1n) is 10.9. The van der Waals surface area contributed by atoms with E-state index < -0.39 is 23.8 Å². The second-order valence-corrected chi connectivity index (χ2v) is 7.83. The monoisotopic (exact) mass is 452 g/mol. The fourth-order valence-corrected chi connectivity index (χ4v) is 4.35. The maximum atomic E-state index is 12.5. The number of carbonyl (C=O) groups excluding carboxylic acids is 1. The Bertz CT molecular complexity index is 1090. The van der Waals surface area contributed by atoms with E-state index in [9.17, 15) is 4.79 Å². The number of cyclic esters (lactones) is 1. The largest absolute Gasteiger partial charge is 0.441 e. The topological polar surface area (TPSA) is 87.5 Å². The molecular weight excluding hydrogens is 428 g/mol. The van der Waals surface area contributed by atoms with Crippen molar-refractivity contribution in [1.29, 1.82) is 0 Å². The zero-order valence-corrected chi connectivity index (χ0v) is 18.5. The molecule has 2 atom stereocenters. The number of terminal acetylenes is 1. The molecule has 1 amide bonds. The number of benzene rings is 3. The lowest BCUT2D eigenvalue weighted by atomic mass is 9.80. The van der Waals surface area contributed by atoms with Gasteiger partial charge in [0.1, 0.15) is 11.7 Å². The Balaban J connectivity index is 1.77. The van der Waals surface area contributed by atoms with Crippen LogP contribution in [0.2, 0.25) is 0 Å². The van der Waals surface area contributed by atoms with Crippen molar-refractivity contribution in [2.75, 3.05) is 19.7 Å². The van der Waals surface area contributed by atoms with Gasteiger partial charge in [0.05, 0.1) is 25.7 Å². The molecule has 0 radical (unpaired) electrons. The second-order valence-electron chi connectivity index (χ2n) is 7.83. The lowest BCUT2D eigenvalue weighted by Crippen LogP contribution is -2.43. The van der Waals surface area contributed by atoms with Crippen LogP contribution < -0.4 is 0 Å². The number of azide groups is 1. The minimum Gasteiger partial charge on any atom is -0.441 e. The first-order valence-corrected chi connectivity index (χ1v) is 10.9. The third kappa shape index (κ3) is 4.46. The molecule has 0 aromatic heterocycles. The standard InChI is InChI=1S/C27H24N4O3/c1-2-18-31-24(19-29-30-28)25(34-26(31)32)20-33-27(21-12-6-3-7-13-21,22-14-8-4-9-15-22)23-16-10-5-11-17-23/h1,3-17,24-25H,18-20H2/t24-,25-/m1/s1. The van der Waals surface area contributed by atoms with Crippen molar-refractivity contribution in [1.82, 2.24) is 4.90 Å². The van der Waals surface area contributed by atoms with Crippen molar-refractivity contribution in [3.05, 3.63) is 118 Å². The molecular formula is C27H24N4O3. The summed E-state index contributed by atoms with van der Waals surface area (Å²) in [6.45, 7) is 0.159. The fraction of sp³-hybridized carbons (Fsp3) is 0.222. The summed E-state index contributed by atoms with van der Waals surface area (Å²) in [4.78, 5) is 16.7. The smallest absolute Gasteiger partial charge is 0.411 e. The van der Waals surface area contributed by atoms with Gasteiger partial charge < -0.3 is 9.47 Å². The average molecular weight is 453 g/mol. The summed E-state index contributed by atoms with van der Waals surface area (Å²) < 4.78 is 12.4. The second kappa shape index (κ2) is 10.6. The summed E-state index contributed by atoms with van der Waals surface area (Å²) in [5, 5.41) is 3.67. The van der Waals surface area contributed by atoms with E-state index in [1.54, 1.807) is 0 Å². The minimum absolute atomic E-state index is 0.0347. The van der Waals surface area contributed by atoms with Gasteiger partial charge in [-0.3, -0.25) is 4.90 Å². The Labute approximate surface area is 198 Å². The molecule has 1 saturated heterocycles. The van der Waals surface area contributed by atoms with Crippen LogP contribution in [0.5, 0.6) is 0 Å². The highest BCUT2D eigenvalue weighted by Gasteiger charge is 2.44. The molecule has 1 fully saturated rings. The Morgan fingerprint density at radius 1 is 0.971 bits per heavy atom. The molecule has 0 aliphatic carbocycles. The molecule has 0 bridgehead atoms. The fourth-order valence-electron chi connectivity index (χ4n) is 4.35. The van der Waals surface area contributed by atoms with Crippen LogP contribution >= 0.6 is 0 Å². The van der Waals surface area contributed by atoms with Gasteiger partial charge in [-0.05, 0) is 22.2 Å². The molecule has 1 heterocycles. The molecule has 1 aliphatic rings. The zero-order valence-electron chi connectivity index (χ0n) is 18.5. The van der Waals surface area contributed by atoms with Crippen LogP contribution in [0.3, 0.4) is 0 Å². The summed E-state index contributed by atoms with van der Waals surface area (Å²) in [7, 11) is 0. The van der Waals surface area contributed by atoms with Crippen molar-refractivity contribution >= 4 is 6.09 Å². The van der Waals surface area contributed by atoms with E-state index in [1.165, 1.54) is 4.90 Å². The molecule has 7 nitrogen and oxygen atoms in total. The van der Waals surface area contributed by atoms with Gasteiger partial charge in [0.2, 0.25) is 0 Å². The quantitative estimate of drug-likeness (QED) is 0.148. The Kier molecular flexibility index (Phi) is 7.14. The molecule has 0 unspecified atom stereocenters. The van der Waals surface area contributed by atoms with Gasteiger partial charge in [-0.2, -0.15) is 0 Å². The highest BCUT2D eigenvalue weighted by molar-refractivity contribution is 5.71. The molecule has 34 heavy (non-hydrogen) atoms. The van der Waals surface area contributed by atoms with Crippen LogP contribution in [0.25, 0.3) is 10.4 Å². The maximum absolute atomic E-state index is 12.5. The van der Waals surface area contributed by atoms with Crippen molar-refractivity contribution in [2.45, 2.75) is 17.7 Å².